The second-order valence-electron chi connectivity index (χ2n) is 6.45. The van der Waals surface area contributed by atoms with Gasteiger partial charge in [0.15, 0.2) is 17.5 Å². The summed E-state index contributed by atoms with van der Waals surface area (Å²) in [5.74, 6) is -6.82. The van der Waals surface area contributed by atoms with Gasteiger partial charge in [-0.1, -0.05) is 0 Å². The molecular formula is C18H16F4N2O4S. The van der Waals surface area contributed by atoms with Gasteiger partial charge in [0.1, 0.15) is 10.7 Å². The maximum atomic E-state index is 14.2. The number of sulfonamides is 1. The first-order valence-corrected chi connectivity index (χ1v) is 9.97. The van der Waals surface area contributed by atoms with Crippen LogP contribution < -0.4 is 5.32 Å². The molecule has 0 bridgehead atoms. The first kappa shape index (κ1) is 21.2. The molecule has 2 N–H and O–H groups in total. The van der Waals surface area contributed by atoms with Gasteiger partial charge in [0.25, 0.3) is 5.91 Å². The predicted molar refractivity (Wildman–Crippen MR) is 94.7 cm³/mol. The highest BCUT2D eigenvalue weighted by Gasteiger charge is 2.36. The number of halogens is 4. The first-order chi connectivity index (χ1) is 13.6. The lowest BCUT2D eigenvalue weighted by atomic mass is 10.2. The standard InChI is InChI=1S/C18H16F4N2O4S/c19-13-4-3-10(18(26)23-11-7-14(20)17(22)15(21)8-11)6-16(13)29(27,28)24-5-1-2-12(24)9-25/h3-4,6-8,12,25H,1-2,5,9H2,(H,23,26). The van der Waals surface area contributed by atoms with Crippen LogP contribution in [-0.2, 0) is 10.0 Å². The van der Waals surface area contributed by atoms with Crippen molar-refractivity contribution < 1.29 is 35.9 Å². The van der Waals surface area contributed by atoms with E-state index in [1.54, 1.807) is 0 Å². The minimum absolute atomic E-state index is 0.0948. The van der Waals surface area contributed by atoms with Crippen molar-refractivity contribution in [3.8, 4) is 0 Å². The maximum Gasteiger partial charge on any atom is 0.255 e. The van der Waals surface area contributed by atoms with E-state index in [1.807, 2.05) is 0 Å². The number of anilines is 1. The maximum absolute atomic E-state index is 14.2. The quantitative estimate of drug-likeness (QED) is 0.562. The van der Waals surface area contributed by atoms with Crippen LogP contribution in [0.25, 0.3) is 0 Å². The molecule has 0 radical (unpaired) electrons. The van der Waals surface area contributed by atoms with Gasteiger partial charge in [-0.2, -0.15) is 4.31 Å². The van der Waals surface area contributed by atoms with Crippen molar-refractivity contribution in [2.24, 2.45) is 0 Å². The molecule has 0 aromatic heterocycles. The zero-order chi connectivity index (χ0) is 21.3. The number of hydrogen-bond acceptors (Lipinski definition) is 4. The van der Waals surface area contributed by atoms with Crippen LogP contribution in [0, 0.1) is 23.3 Å². The van der Waals surface area contributed by atoms with Crippen LogP contribution in [-0.4, -0.2) is 42.9 Å². The molecule has 3 rings (SSSR count). The molecule has 0 aliphatic carbocycles. The lowest BCUT2D eigenvalue weighted by molar-refractivity contribution is 0.102. The van der Waals surface area contributed by atoms with Crippen LogP contribution in [0.3, 0.4) is 0 Å². The van der Waals surface area contributed by atoms with Crippen LogP contribution in [0.2, 0.25) is 0 Å². The normalized spacial score (nSPS) is 17.5. The van der Waals surface area contributed by atoms with Gasteiger partial charge in [-0.15, -0.1) is 0 Å². The number of nitrogens with one attached hydrogen (secondary N) is 1. The van der Waals surface area contributed by atoms with Crippen LogP contribution in [0.4, 0.5) is 23.2 Å². The monoisotopic (exact) mass is 432 g/mol. The number of nitrogens with zero attached hydrogens (tertiary/aromatic N) is 1. The van der Waals surface area contributed by atoms with E-state index >= 15 is 0 Å². The lowest BCUT2D eigenvalue weighted by Gasteiger charge is -2.22. The Labute approximate surface area is 163 Å². The predicted octanol–water partition coefficient (Wildman–Crippen LogP) is 2.64. The van der Waals surface area contributed by atoms with E-state index in [-0.39, 0.29) is 12.1 Å². The molecule has 1 aliphatic rings. The van der Waals surface area contributed by atoms with Crippen molar-refractivity contribution in [3.63, 3.8) is 0 Å². The third-order valence-electron chi connectivity index (χ3n) is 4.56. The molecule has 6 nitrogen and oxygen atoms in total. The highest BCUT2D eigenvalue weighted by atomic mass is 32.2. The van der Waals surface area contributed by atoms with Crippen LogP contribution in [0.5, 0.6) is 0 Å². The number of aliphatic hydroxyl groups is 1. The van der Waals surface area contributed by atoms with Crippen molar-refractivity contribution in [2.45, 2.75) is 23.8 Å². The van der Waals surface area contributed by atoms with Gasteiger partial charge in [-0.05, 0) is 31.0 Å². The smallest absolute Gasteiger partial charge is 0.255 e. The van der Waals surface area contributed by atoms with Crippen molar-refractivity contribution in [1.29, 1.82) is 0 Å². The average Bonchev–Trinajstić information content (AvgIpc) is 3.16. The van der Waals surface area contributed by atoms with Gasteiger partial charge in [0.2, 0.25) is 10.0 Å². The van der Waals surface area contributed by atoms with Crippen molar-refractivity contribution in [1.82, 2.24) is 4.31 Å². The fourth-order valence-corrected chi connectivity index (χ4v) is 4.88. The van der Waals surface area contributed by atoms with Gasteiger partial charge < -0.3 is 10.4 Å². The zero-order valence-electron chi connectivity index (χ0n) is 14.8. The minimum Gasteiger partial charge on any atom is -0.395 e. The third kappa shape index (κ3) is 4.11. The van der Waals surface area contributed by atoms with Crippen molar-refractivity contribution in [2.75, 3.05) is 18.5 Å². The number of amides is 1. The van der Waals surface area contributed by atoms with Crippen LogP contribution in [0.1, 0.15) is 23.2 Å². The number of aliphatic hydroxyl groups excluding tert-OH is 1. The number of carbonyl (C=O) groups is 1. The fourth-order valence-electron chi connectivity index (χ4n) is 3.11. The number of rotatable bonds is 5. The largest absolute Gasteiger partial charge is 0.395 e. The van der Waals surface area contributed by atoms with E-state index in [9.17, 15) is 35.9 Å². The molecule has 29 heavy (non-hydrogen) atoms. The van der Waals surface area contributed by atoms with Crippen molar-refractivity contribution >= 4 is 21.6 Å². The summed E-state index contributed by atoms with van der Waals surface area (Å²) in [6, 6.07) is 2.97. The van der Waals surface area contributed by atoms with E-state index in [0.29, 0.717) is 25.0 Å². The van der Waals surface area contributed by atoms with Gasteiger partial charge in [0.05, 0.1) is 6.61 Å². The molecule has 1 heterocycles. The Hall–Kier alpha value is -2.50. The highest BCUT2D eigenvalue weighted by Crippen LogP contribution is 2.28. The molecular weight excluding hydrogens is 416 g/mol. The summed E-state index contributed by atoms with van der Waals surface area (Å²) in [5.41, 5.74) is -0.699. The number of carbonyl (C=O) groups excluding carboxylic acids is 1. The molecule has 1 unspecified atom stereocenters. The Balaban J connectivity index is 1.92. The van der Waals surface area contributed by atoms with Crippen LogP contribution in [0.15, 0.2) is 35.2 Å². The highest BCUT2D eigenvalue weighted by molar-refractivity contribution is 7.89. The Morgan fingerprint density at radius 1 is 1.10 bits per heavy atom. The zero-order valence-corrected chi connectivity index (χ0v) is 15.6. The van der Waals surface area contributed by atoms with E-state index in [1.165, 1.54) is 0 Å². The second-order valence-corrected chi connectivity index (χ2v) is 8.31. The summed E-state index contributed by atoms with van der Waals surface area (Å²) in [6.07, 6.45) is 0.910. The first-order valence-electron chi connectivity index (χ1n) is 8.53. The van der Waals surface area contributed by atoms with Gasteiger partial charge in [-0.25, -0.2) is 26.0 Å². The van der Waals surface area contributed by atoms with Gasteiger partial charge in [-0.3, -0.25) is 4.79 Å². The summed E-state index contributed by atoms with van der Waals surface area (Å²) >= 11 is 0. The van der Waals surface area contributed by atoms with E-state index in [2.05, 4.69) is 5.32 Å². The van der Waals surface area contributed by atoms with Gasteiger partial charge >= 0.3 is 0 Å². The summed E-state index contributed by atoms with van der Waals surface area (Å²) < 4.78 is 80.4. The Morgan fingerprint density at radius 2 is 1.76 bits per heavy atom. The molecule has 2 aromatic rings. The van der Waals surface area contributed by atoms with Crippen molar-refractivity contribution in [3.05, 3.63) is 59.2 Å². The molecule has 0 saturated carbocycles. The molecule has 0 spiro atoms. The molecule has 2 aromatic carbocycles. The summed E-state index contributed by atoms with van der Waals surface area (Å²) in [4.78, 5) is 11.6. The Kier molecular flexibility index (Phi) is 5.92. The number of benzene rings is 2. The summed E-state index contributed by atoms with van der Waals surface area (Å²) in [7, 11) is -4.33. The van der Waals surface area contributed by atoms with E-state index < -0.39 is 62.4 Å². The van der Waals surface area contributed by atoms with Crippen LogP contribution >= 0.6 is 0 Å². The fraction of sp³-hybridized carbons (Fsp3) is 0.278. The average molecular weight is 432 g/mol. The molecule has 156 valence electrons. The topological polar surface area (TPSA) is 86.7 Å². The molecule has 11 heteroatoms. The second kappa shape index (κ2) is 8.09. The molecule has 1 aliphatic heterocycles. The molecule has 1 saturated heterocycles. The Morgan fingerprint density at radius 3 is 2.38 bits per heavy atom. The Bertz CT molecular complexity index is 1040. The third-order valence-corrected chi connectivity index (χ3v) is 6.52. The molecule has 1 amide bonds. The van der Waals surface area contributed by atoms with E-state index in [4.69, 9.17) is 0 Å². The minimum atomic E-state index is -4.33. The van der Waals surface area contributed by atoms with E-state index in [0.717, 1.165) is 22.5 Å². The van der Waals surface area contributed by atoms with Gasteiger partial charge in [0, 0.05) is 36.0 Å². The SMILES string of the molecule is O=C(Nc1cc(F)c(F)c(F)c1)c1ccc(F)c(S(=O)(=O)N2CCCC2CO)c1. The summed E-state index contributed by atoms with van der Waals surface area (Å²) in [6.45, 7) is -0.333. The molecule has 1 atom stereocenters. The number of hydrogen-bond donors (Lipinski definition) is 2. The molecule has 1 fully saturated rings. The lowest BCUT2D eigenvalue weighted by Crippen LogP contribution is -2.38. The summed E-state index contributed by atoms with van der Waals surface area (Å²) in [5, 5.41) is 11.4.